The van der Waals surface area contributed by atoms with Gasteiger partial charge in [0.15, 0.2) is 5.78 Å². The van der Waals surface area contributed by atoms with Crippen LogP contribution in [0.1, 0.15) is 48.2 Å². The van der Waals surface area contributed by atoms with Crippen LogP contribution in [0.4, 0.5) is 19.0 Å². The lowest BCUT2D eigenvalue weighted by Crippen LogP contribution is -2.38. The monoisotopic (exact) mass is 679 g/mol. The molecule has 0 bridgehead atoms. The third-order valence-corrected chi connectivity index (χ3v) is 10.6. The first-order valence-electron chi connectivity index (χ1n) is 16.4. The average Bonchev–Trinajstić information content (AvgIpc) is 3.64. The van der Waals surface area contributed by atoms with E-state index in [4.69, 9.17) is 4.74 Å². The van der Waals surface area contributed by atoms with Gasteiger partial charge in [-0.05, 0) is 69.0 Å². The fourth-order valence-electron chi connectivity index (χ4n) is 6.98. The highest BCUT2D eigenvalue weighted by Crippen LogP contribution is 2.34. The number of fused-ring (bicyclic) bond motifs is 2. The van der Waals surface area contributed by atoms with E-state index in [0.717, 1.165) is 92.0 Å². The predicted octanol–water partition coefficient (Wildman–Crippen LogP) is 6.56. The maximum Gasteiger partial charge on any atom is 0.393 e. The lowest BCUT2D eigenvalue weighted by Gasteiger charge is -2.33. The molecular weight excluding hydrogens is 639 g/mol. The Labute approximate surface area is 282 Å². The summed E-state index contributed by atoms with van der Waals surface area (Å²) in [6.45, 7) is 9.36. The van der Waals surface area contributed by atoms with Crippen molar-refractivity contribution < 1.29 is 22.7 Å². The van der Waals surface area contributed by atoms with Crippen molar-refractivity contribution in [2.24, 2.45) is 5.92 Å². The highest BCUT2D eigenvalue weighted by Gasteiger charge is 2.29. The van der Waals surface area contributed by atoms with E-state index in [1.807, 2.05) is 12.1 Å². The number of ketones is 1. The van der Waals surface area contributed by atoms with Crippen LogP contribution in [0.3, 0.4) is 0 Å². The molecule has 0 aliphatic carbocycles. The number of ether oxygens (including phenoxy) is 1. The molecule has 0 saturated carbocycles. The van der Waals surface area contributed by atoms with Gasteiger partial charge in [-0.15, -0.1) is 11.3 Å². The van der Waals surface area contributed by atoms with E-state index in [0.29, 0.717) is 47.2 Å². The number of nitriles is 1. The molecule has 6 rings (SSSR count). The second-order valence-electron chi connectivity index (χ2n) is 12.8. The summed E-state index contributed by atoms with van der Waals surface area (Å²) in [7, 11) is 1.67. The molecule has 0 unspecified atom stereocenters. The van der Waals surface area contributed by atoms with Gasteiger partial charge in [0.05, 0.1) is 24.4 Å². The first kappa shape index (κ1) is 33.9. The summed E-state index contributed by atoms with van der Waals surface area (Å²) in [4.78, 5) is 25.9. The molecule has 0 spiro atoms. The zero-order valence-corrected chi connectivity index (χ0v) is 27.9. The van der Waals surface area contributed by atoms with Gasteiger partial charge in [-0.3, -0.25) is 9.69 Å². The second-order valence-corrected chi connectivity index (χ2v) is 13.9. The number of likely N-dealkylation sites (tertiary alicyclic amines) is 2. The largest absolute Gasteiger partial charge is 0.496 e. The Hall–Kier alpha value is -3.99. The smallest absolute Gasteiger partial charge is 0.393 e. The molecule has 2 saturated heterocycles. The first-order valence-corrected chi connectivity index (χ1v) is 17.2. The fraction of sp³-hybridized carbons (Fsp3) is 0.486. The summed E-state index contributed by atoms with van der Waals surface area (Å²) in [6.07, 6.45) is 1.86. The molecule has 2 aliphatic rings. The quantitative estimate of drug-likeness (QED) is 0.168. The first-order chi connectivity index (χ1) is 23.1. The fourth-order valence-corrected chi connectivity index (χ4v) is 8.01. The maximum absolute atomic E-state index is 13.0. The van der Waals surface area contributed by atoms with Crippen molar-refractivity contribution >= 4 is 44.1 Å². The molecule has 5 heterocycles. The number of methoxy groups -OCH3 is 1. The predicted molar refractivity (Wildman–Crippen MR) is 181 cm³/mol. The SMILES string of the molecule is C=CC(=O)CC1CCN(CCn2c(C#N)cc3cc(CN4CCC(Nc5ncnc6sc(CC(F)(F)F)cc56)CC4)c(OC)cc32)CC1. The number of carbonyl (C=O) groups is 1. The van der Waals surface area contributed by atoms with Gasteiger partial charge < -0.3 is 19.5 Å². The van der Waals surface area contributed by atoms with E-state index in [-0.39, 0.29) is 16.7 Å². The number of allylic oxidation sites excluding steroid dienone is 1. The van der Waals surface area contributed by atoms with E-state index in [9.17, 15) is 23.2 Å². The Bertz CT molecular complexity index is 1810. The van der Waals surface area contributed by atoms with Crippen molar-refractivity contribution in [1.82, 2.24) is 24.3 Å². The topological polar surface area (TPSA) is 99.3 Å². The lowest BCUT2D eigenvalue weighted by atomic mass is 9.92. The number of rotatable bonds is 12. The summed E-state index contributed by atoms with van der Waals surface area (Å²) >= 11 is 1.06. The number of nitrogens with one attached hydrogen (secondary N) is 1. The zero-order chi connectivity index (χ0) is 33.8. The number of halogens is 3. The maximum atomic E-state index is 13.0. The molecule has 4 aromatic rings. The van der Waals surface area contributed by atoms with E-state index >= 15 is 0 Å². The highest BCUT2D eigenvalue weighted by molar-refractivity contribution is 7.18. The molecular formula is C35H40F3N7O2S. The number of hydrogen-bond donors (Lipinski definition) is 1. The molecule has 0 radical (unpaired) electrons. The Balaban J connectivity index is 1.07. The van der Waals surface area contributed by atoms with E-state index < -0.39 is 12.6 Å². The average molecular weight is 680 g/mol. The van der Waals surface area contributed by atoms with E-state index in [2.05, 4.69) is 48.4 Å². The van der Waals surface area contributed by atoms with Crippen LogP contribution in [0.5, 0.6) is 5.75 Å². The van der Waals surface area contributed by atoms with Gasteiger partial charge in [0.1, 0.15) is 34.5 Å². The normalized spacial score (nSPS) is 17.1. The summed E-state index contributed by atoms with van der Waals surface area (Å²) in [5.74, 6) is 1.90. The number of aromatic nitrogens is 3. The summed E-state index contributed by atoms with van der Waals surface area (Å²) in [6, 6.07) is 10.2. The number of hydrogen-bond acceptors (Lipinski definition) is 9. The van der Waals surface area contributed by atoms with Gasteiger partial charge in [-0.1, -0.05) is 6.58 Å². The molecule has 1 aromatic carbocycles. The Morgan fingerprint density at radius 3 is 2.54 bits per heavy atom. The van der Waals surface area contributed by atoms with Gasteiger partial charge in [-0.2, -0.15) is 18.4 Å². The van der Waals surface area contributed by atoms with E-state index in [1.165, 1.54) is 12.4 Å². The standard InChI is InChI=1S/C35H40F3N7O2S/c1-3-28(46)14-23-4-8-43(9-5-23)12-13-45-27(20-39)16-24-15-25(32(47-2)18-31(24)45)21-44-10-6-26(7-11-44)42-33-30-17-29(19-35(36,37)38)48-34(30)41-22-40-33/h3,15-18,22-23,26H,1,4-14,19,21H2,2H3,(H,40,41,42). The van der Waals surface area contributed by atoms with E-state index in [1.54, 1.807) is 13.2 Å². The zero-order valence-electron chi connectivity index (χ0n) is 27.1. The molecule has 0 amide bonds. The minimum Gasteiger partial charge on any atom is -0.496 e. The van der Waals surface area contributed by atoms with Gasteiger partial charge >= 0.3 is 6.18 Å². The number of alkyl halides is 3. The highest BCUT2D eigenvalue weighted by atomic mass is 32.1. The molecule has 13 heteroatoms. The van der Waals surface area contributed by atoms with Crippen LogP contribution in [-0.4, -0.2) is 82.2 Å². The molecule has 9 nitrogen and oxygen atoms in total. The number of piperidine rings is 2. The summed E-state index contributed by atoms with van der Waals surface area (Å²) < 4.78 is 46.8. The molecule has 1 N–H and O–H groups in total. The summed E-state index contributed by atoms with van der Waals surface area (Å²) in [5.41, 5.74) is 2.66. The minimum absolute atomic E-state index is 0.116. The summed E-state index contributed by atoms with van der Waals surface area (Å²) in [5, 5.41) is 15.1. The van der Waals surface area contributed by atoms with Crippen molar-refractivity contribution in [3.63, 3.8) is 0 Å². The Morgan fingerprint density at radius 2 is 1.85 bits per heavy atom. The Kier molecular flexibility index (Phi) is 10.3. The second kappa shape index (κ2) is 14.6. The molecule has 0 atom stereocenters. The van der Waals surface area contributed by atoms with Crippen LogP contribution in [-0.2, 0) is 24.3 Å². The number of benzene rings is 1. The van der Waals surface area contributed by atoms with Crippen molar-refractivity contribution in [3.05, 3.63) is 59.4 Å². The minimum atomic E-state index is -4.27. The van der Waals surface area contributed by atoms with Crippen LogP contribution < -0.4 is 10.1 Å². The van der Waals surface area contributed by atoms with Crippen molar-refractivity contribution in [2.75, 3.05) is 45.2 Å². The molecule has 3 aromatic heterocycles. The third-order valence-electron chi connectivity index (χ3n) is 9.56. The molecule has 2 fully saturated rings. The van der Waals surface area contributed by atoms with Crippen LogP contribution in [0.15, 0.2) is 43.2 Å². The lowest BCUT2D eigenvalue weighted by molar-refractivity contribution is -0.126. The van der Waals surface area contributed by atoms with Crippen molar-refractivity contribution in [3.8, 4) is 11.8 Å². The number of nitrogens with zero attached hydrogens (tertiary/aromatic N) is 6. The van der Waals surface area contributed by atoms with Crippen molar-refractivity contribution in [1.29, 1.82) is 5.26 Å². The Morgan fingerprint density at radius 1 is 1.10 bits per heavy atom. The van der Waals surface area contributed by atoms with Crippen LogP contribution in [0.25, 0.3) is 21.1 Å². The van der Waals surface area contributed by atoms with Gasteiger partial charge in [0.2, 0.25) is 0 Å². The third kappa shape index (κ3) is 7.99. The molecule has 48 heavy (non-hydrogen) atoms. The van der Waals surface area contributed by atoms with Crippen LogP contribution >= 0.6 is 11.3 Å². The van der Waals surface area contributed by atoms with Gasteiger partial charge in [0, 0.05) is 67.1 Å². The molecule has 254 valence electrons. The number of anilines is 1. The molecule has 2 aliphatic heterocycles. The van der Waals surface area contributed by atoms with Crippen LogP contribution in [0, 0.1) is 17.2 Å². The van der Waals surface area contributed by atoms with Crippen molar-refractivity contribution in [2.45, 2.75) is 63.8 Å². The number of carbonyl (C=O) groups excluding carboxylic acids is 1. The van der Waals surface area contributed by atoms with Gasteiger partial charge in [0.25, 0.3) is 0 Å². The number of thiophene rings is 1. The van der Waals surface area contributed by atoms with Crippen LogP contribution in [0.2, 0.25) is 0 Å². The van der Waals surface area contributed by atoms with Gasteiger partial charge in [-0.25, -0.2) is 9.97 Å².